The van der Waals surface area contributed by atoms with Crippen LogP contribution in [0.25, 0.3) is 22.3 Å². The number of ether oxygens (including phenoxy) is 1. The van der Waals surface area contributed by atoms with E-state index in [2.05, 4.69) is 29.0 Å². The number of likely N-dealkylation sites (tertiary alicyclic amines) is 1. The molecule has 0 bridgehead atoms. The number of hydrogen-bond acceptors (Lipinski definition) is 7. The van der Waals surface area contributed by atoms with Gasteiger partial charge < -0.3 is 10.1 Å². The number of pyridine rings is 2. The Labute approximate surface area is 224 Å². The lowest BCUT2D eigenvalue weighted by atomic mass is 9.98. The summed E-state index contributed by atoms with van der Waals surface area (Å²) >= 11 is 0. The zero-order valence-corrected chi connectivity index (χ0v) is 22.8. The predicted octanol–water partition coefficient (Wildman–Crippen LogP) is 3.31. The van der Waals surface area contributed by atoms with Gasteiger partial charge in [0.1, 0.15) is 0 Å². The quantitative estimate of drug-likeness (QED) is 0.493. The fourth-order valence-corrected chi connectivity index (χ4v) is 6.88. The number of fused-ring (bicyclic) bond motifs is 1. The van der Waals surface area contributed by atoms with Gasteiger partial charge in [-0.3, -0.25) is 14.7 Å². The van der Waals surface area contributed by atoms with E-state index in [0.29, 0.717) is 72.8 Å². The van der Waals surface area contributed by atoms with Gasteiger partial charge in [0.2, 0.25) is 10.0 Å². The number of carbonyl (C=O) groups excluding carboxylic acids is 1. The van der Waals surface area contributed by atoms with Crippen molar-refractivity contribution < 1.29 is 17.9 Å². The molecule has 0 spiro atoms. The van der Waals surface area contributed by atoms with Crippen molar-refractivity contribution in [3.05, 3.63) is 54.2 Å². The number of nitrogens with zero attached hydrogens (tertiary/aromatic N) is 4. The molecule has 0 aliphatic carbocycles. The maximum absolute atomic E-state index is 13.6. The van der Waals surface area contributed by atoms with Crippen LogP contribution in [0.4, 0.5) is 0 Å². The van der Waals surface area contributed by atoms with Crippen molar-refractivity contribution >= 4 is 26.8 Å². The van der Waals surface area contributed by atoms with Crippen LogP contribution in [0.5, 0.6) is 0 Å². The van der Waals surface area contributed by atoms with Gasteiger partial charge in [-0.2, -0.15) is 4.31 Å². The third kappa shape index (κ3) is 5.58. The summed E-state index contributed by atoms with van der Waals surface area (Å²) in [6, 6.07) is 13.0. The van der Waals surface area contributed by atoms with Crippen molar-refractivity contribution in [2.45, 2.75) is 50.1 Å². The second kappa shape index (κ2) is 11.4. The number of aromatic nitrogens is 2. The van der Waals surface area contributed by atoms with E-state index in [1.165, 1.54) is 23.6 Å². The summed E-state index contributed by atoms with van der Waals surface area (Å²) in [4.78, 5) is 25.3. The number of carbonyl (C=O) groups is 1. The molecule has 5 rings (SSSR count). The molecule has 0 saturated carbocycles. The summed E-state index contributed by atoms with van der Waals surface area (Å²) in [5.74, 6) is -0.257. The average molecular weight is 538 g/mol. The first-order chi connectivity index (χ1) is 18.3. The third-order valence-electron chi connectivity index (χ3n) is 7.59. The van der Waals surface area contributed by atoms with Crippen molar-refractivity contribution in [1.29, 1.82) is 0 Å². The van der Waals surface area contributed by atoms with Crippen LogP contribution in [0.1, 0.15) is 43.5 Å². The summed E-state index contributed by atoms with van der Waals surface area (Å²) in [5.41, 5.74) is 2.13. The highest BCUT2D eigenvalue weighted by molar-refractivity contribution is 7.89. The third-order valence-corrected chi connectivity index (χ3v) is 9.49. The fourth-order valence-electron chi connectivity index (χ4n) is 5.44. The van der Waals surface area contributed by atoms with Gasteiger partial charge in [0.15, 0.2) is 0 Å². The summed E-state index contributed by atoms with van der Waals surface area (Å²) in [6.07, 6.45) is 5.25. The molecule has 3 aromatic rings. The van der Waals surface area contributed by atoms with E-state index in [4.69, 9.17) is 9.72 Å². The second-order valence-corrected chi connectivity index (χ2v) is 12.0. The van der Waals surface area contributed by atoms with Gasteiger partial charge in [-0.1, -0.05) is 12.5 Å². The number of piperidine rings is 1. The lowest BCUT2D eigenvalue weighted by molar-refractivity contribution is 0.0730. The maximum Gasteiger partial charge on any atom is 0.252 e. The molecule has 2 saturated heterocycles. The fraction of sp³-hybridized carbons (Fsp3) is 0.464. The zero-order valence-electron chi connectivity index (χ0n) is 22.0. The Hall–Kier alpha value is -2.92. The smallest absolute Gasteiger partial charge is 0.252 e. The highest BCUT2D eigenvalue weighted by Gasteiger charge is 2.28. The van der Waals surface area contributed by atoms with Gasteiger partial charge in [0.25, 0.3) is 5.91 Å². The summed E-state index contributed by atoms with van der Waals surface area (Å²) in [5, 5.41) is 3.57. The number of benzene rings is 1. The molecule has 4 heterocycles. The van der Waals surface area contributed by atoms with E-state index in [1.807, 2.05) is 18.2 Å². The molecule has 2 aromatic heterocycles. The molecule has 1 amide bonds. The van der Waals surface area contributed by atoms with Crippen molar-refractivity contribution in [1.82, 2.24) is 24.5 Å². The number of sulfonamides is 1. The van der Waals surface area contributed by atoms with Gasteiger partial charge in [-0.15, -0.1) is 0 Å². The number of amides is 1. The minimum Gasteiger partial charge on any atom is -0.379 e. The molecule has 9 nitrogen and oxygen atoms in total. The van der Waals surface area contributed by atoms with E-state index >= 15 is 0 Å². The normalized spacial score (nSPS) is 21.4. The largest absolute Gasteiger partial charge is 0.379 e. The van der Waals surface area contributed by atoms with E-state index in [1.54, 1.807) is 30.5 Å². The Morgan fingerprint density at radius 2 is 1.82 bits per heavy atom. The average Bonchev–Trinajstić information content (AvgIpc) is 2.94. The second-order valence-electron chi connectivity index (χ2n) is 10.1. The first kappa shape index (κ1) is 26.7. The van der Waals surface area contributed by atoms with Crippen LogP contribution >= 0.6 is 0 Å². The van der Waals surface area contributed by atoms with Gasteiger partial charge >= 0.3 is 0 Å². The van der Waals surface area contributed by atoms with Gasteiger partial charge in [0, 0.05) is 49.8 Å². The van der Waals surface area contributed by atoms with Crippen LogP contribution in [-0.4, -0.2) is 85.0 Å². The molecule has 38 heavy (non-hydrogen) atoms. The molecule has 2 aliphatic rings. The van der Waals surface area contributed by atoms with Crippen molar-refractivity contribution in [3.8, 4) is 11.4 Å². The van der Waals surface area contributed by atoms with Gasteiger partial charge in [0.05, 0.1) is 40.6 Å². The topological polar surface area (TPSA) is 105 Å². The molecule has 202 valence electrons. The van der Waals surface area contributed by atoms with E-state index in [9.17, 15) is 13.2 Å². The SMILES string of the molecule is C[C@@H]1CCC[C@H](C)N1CCNC(=O)c1cc(-c2ccccn2)nc2ccc(S(=O)(=O)N3CCOCC3)cc12. The Balaban J connectivity index is 1.47. The molecular weight excluding hydrogens is 502 g/mol. The molecule has 0 unspecified atom stereocenters. The zero-order chi connectivity index (χ0) is 26.7. The highest BCUT2D eigenvalue weighted by atomic mass is 32.2. The lowest BCUT2D eigenvalue weighted by Crippen LogP contribution is -2.47. The molecular formula is C28H35N5O4S. The van der Waals surface area contributed by atoms with Crippen molar-refractivity contribution in [3.63, 3.8) is 0 Å². The minimum atomic E-state index is -3.73. The van der Waals surface area contributed by atoms with Crippen LogP contribution in [0.2, 0.25) is 0 Å². The molecule has 2 atom stereocenters. The van der Waals surface area contributed by atoms with Gasteiger partial charge in [-0.25, -0.2) is 13.4 Å². The first-order valence-electron chi connectivity index (χ1n) is 13.3. The van der Waals surface area contributed by atoms with Crippen LogP contribution in [0.15, 0.2) is 53.6 Å². The first-order valence-corrected chi connectivity index (χ1v) is 14.8. The molecule has 10 heteroatoms. The highest BCUT2D eigenvalue weighted by Crippen LogP contribution is 2.28. The summed E-state index contributed by atoms with van der Waals surface area (Å²) in [7, 11) is -3.73. The van der Waals surface area contributed by atoms with Crippen molar-refractivity contribution in [2.24, 2.45) is 0 Å². The Morgan fingerprint density at radius 1 is 1.05 bits per heavy atom. The Morgan fingerprint density at radius 3 is 2.53 bits per heavy atom. The standard InChI is InChI=1S/C28H35N5O4S/c1-20-6-5-7-21(2)33(20)13-12-30-28(34)24-19-27(26-8-3-4-11-29-26)31-25-10-9-22(18-23(24)25)38(35,36)32-14-16-37-17-15-32/h3-4,8-11,18-21H,5-7,12-17H2,1-2H3,(H,30,34)/t20-,21+. The van der Waals surface area contributed by atoms with E-state index < -0.39 is 10.0 Å². The van der Waals surface area contributed by atoms with Crippen LogP contribution in [-0.2, 0) is 14.8 Å². The Kier molecular flexibility index (Phi) is 8.04. The monoisotopic (exact) mass is 537 g/mol. The number of hydrogen-bond donors (Lipinski definition) is 1. The maximum atomic E-state index is 13.6. The molecule has 0 radical (unpaired) electrons. The van der Waals surface area contributed by atoms with E-state index in [0.717, 1.165) is 6.54 Å². The van der Waals surface area contributed by atoms with Crippen LogP contribution < -0.4 is 5.32 Å². The van der Waals surface area contributed by atoms with Gasteiger partial charge in [-0.05, 0) is 63.1 Å². The number of morpholine rings is 1. The summed E-state index contributed by atoms with van der Waals surface area (Å²) in [6.45, 7) is 7.08. The molecule has 2 aliphatic heterocycles. The van der Waals surface area contributed by atoms with Crippen LogP contribution in [0, 0.1) is 0 Å². The summed E-state index contributed by atoms with van der Waals surface area (Å²) < 4.78 is 33.4. The molecule has 1 N–H and O–H groups in total. The predicted molar refractivity (Wildman–Crippen MR) is 146 cm³/mol. The minimum absolute atomic E-state index is 0.143. The van der Waals surface area contributed by atoms with Crippen LogP contribution in [0.3, 0.4) is 0 Å². The number of rotatable bonds is 7. The van der Waals surface area contributed by atoms with Crippen molar-refractivity contribution in [2.75, 3.05) is 39.4 Å². The molecule has 2 fully saturated rings. The Bertz CT molecular complexity index is 1380. The number of nitrogens with one attached hydrogen (secondary N) is 1. The van der Waals surface area contributed by atoms with E-state index in [-0.39, 0.29) is 10.8 Å². The molecule has 1 aromatic carbocycles. The lowest BCUT2D eigenvalue weighted by Gasteiger charge is -2.39.